The van der Waals surface area contributed by atoms with Crippen LogP contribution in [0.1, 0.15) is 0 Å². The minimum Gasteiger partial charge on any atom is -0.508 e. The zero-order valence-electron chi connectivity index (χ0n) is 7.62. The van der Waals surface area contributed by atoms with E-state index in [-0.39, 0.29) is 23.3 Å². The second-order valence-corrected chi connectivity index (χ2v) is 2.95. The summed E-state index contributed by atoms with van der Waals surface area (Å²) < 4.78 is 1.05. The molecule has 0 aliphatic rings. The molecule has 15 heavy (non-hydrogen) atoms. The Morgan fingerprint density at radius 2 is 1.93 bits per heavy atom. The highest BCUT2D eigenvalue weighted by molar-refractivity contribution is 5.66. The summed E-state index contributed by atoms with van der Waals surface area (Å²) in [6, 6.07) is 4.05. The van der Waals surface area contributed by atoms with Crippen molar-refractivity contribution in [2.24, 2.45) is 0 Å². The molecule has 1 aromatic carbocycles. The molecule has 7 nitrogen and oxygen atoms in total. The molecule has 0 radical (unpaired) electrons. The number of aromatic nitrogens is 3. The van der Waals surface area contributed by atoms with Crippen LogP contribution >= 0.6 is 0 Å². The van der Waals surface area contributed by atoms with Gasteiger partial charge in [-0.05, 0) is 12.1 Å². The van der Waals surface area contributed by atoms with Gasteiger partial charge in [0.2, 0.25) is 5.95 Å². The van der Waals surface area contributed by atoms with Gasteiger partial charge >= 0.3 is 0 Å². The molecule has 0 fully saturated rings. The normalized spacial score (nSPS) is 10.4. The van der Waals surface area contributed by atoms with E-state index >= 15 is 0 Å². The lowest BCUT2D eigenvalue weighted by Gasteiger charge is -2.03. The van der Waals surface area contributed by atoms with Crippen LogP contribution in [0, 0.1) is 0 Å². The Morgan fingerprint density at radius 1 is 1.20 bits per heavy atom. The first-order valence-electron chi connectivity index (χ1n) is 4.08. The Hall–Kier alpha value is -2.44. The van der Waals surface area contributed by atoms with Gasteiger partial charge in [0.15, 0.2) is 5.82 Å². The van der Waals surface area contributed by atoms with E-state index in [0.717, 1.165) is 4.68 Å². The lowest BCUT2D eigenvalue weighted by Crippen LogP contribution is -2.13. The monoisotopic (exact) mass is 207 g/mol. The summed E-state index contributed by atoms with van der Waals surface area (Å²) in [6.07, 6.45) is 0. The SMILES string of the molecule is Nc1nnc(-c2ccc(O)cc2O)n1N. The highest BCUT2D eigenvalue weighted by Gasteiger charge is 2.13. The molecule has 0 aliphatic carbocycles. The van der Waals surface area contributed by atoms with Crippen molar-refractivity contribution in [3.63, 3.8) is 0 Å². The van der Waals surface area contributed by atoms with Crippen LogP contribution in [0.25, 0.3) is 11.4 Å². The molecule has 0 atom stereocenters. The van der Waals surface area contributed by atoms with Crippen molar-refractivity contribution in [1.29, 1.82) is 0 Å². The first-order valence-corrected chi connectivity index (χ1v) is 4.08. The van der Waals surface area contributed by atoms with E-state index in [1.165, 1.54) is 18.2 Å². The summed E-state index contributed by atoms with van der Waals surface area (Å²) in [7, 11) is 0. The maximum Gasteiger partial charge on any atom is 0.241 e. The number of nitrogens with two attached hydrogens (primary N) is 2. The fraction of sp³-hybridized carbons (Fsp3) is 0. The lowest BCUT2D eigenvalue weighted by atomic mass is 10.2. The van der Waals surface area contributed by atoms with Gasteiger partial charge in [0.05, 0.1) is 5.56 Å². The first kappa shape index (κ1) is 9.13. The van der Waals surface area contributed by atoms with Crippen molar-refractivity contribution in [2.45, 2.75) is 0 Å². The van der Waals surface area contributed by atoms with Crippen molar-refractivity contribution >= 4 is 5.95 Å². The molecule has 0 spiro atoms. The van der Waals surface area contributed by atoms with Crippen LogP contribution in [0.4, 0.5) is 5.95 Å². The predicted molar refractivity (Wildman–Crippen MR) is 53.4 cm³/mol. The van der Waals surface area contributed by atoms with Crippen LogP contribution in [0.3, 0.4) is 0 Å². The van der Waals surface area contributed by atoms with Gasteiger partial charge in [-0.3, -0.25) is 0 Å². The number of aromatic hydroxyl groups is 2. The number of phenolic OH excluding ortho intramolecular Hbond substituents is 2. The van der Waals surface area contributed by atoms with Crippen molar-refractivity contribution in [2.75, 3.05) is 11.6 Å². The van der Waals surface area contributed by atoms with Crippen LogP contribution in [-0.4, -0.2) is 25.1 Å². The number of nitrogens with zero attached hydrogens (tertiary/aromatic N) is 3. The highest BCUT2D eigenvalue weighted by atomic mass is 16.3. The number of hydrogen-bond donors (Lipinski definition) is 4. The summed E-state index contributed by atoms with van der Waals surface area (Å²) in [5.41, 5.74) is 5.74. The molecular weight excluding hydrogens is 198 g/mol. The van der Waals surface area contributed by atoms with Gasteiger partial charge in [-0.15, -0.1) is 10.2 Å². The molecule has 0 saturated carbocycles. The van der Waals surface area contributed by atoms with Crippen molar-refractivity contribution in [1.82, 2.24) is 14.9 Å². The van der Waals surface area contributed by atoms with E-state index < -0.39 is 0 Å². The fourth-order valence-electron chi connectivity index (χ4n) is 1.20. The Bertz CT molecular complexity index is 508. The van der Waals surface area contributed by atoms with Crippen LogP contribution in [0.5, 0.6) is 11.5 Å². The molecule has 7 heteroatoms. The molecule has 0 aliphatic heterocycles. The van der Waals surface area contributed by atoms with Gasteiger partial charge in [0.25, 0.3) is 0 Å². The van der Waals surface area contributed by atoms with Gasteiger partial charge in [0, 0.05) is 6.07 Å². The molecule has 6 N–H and O–H groups in total. The molecule has 0 saturated heterocycles. The summed E-state index contributed by atoms with van der Waals surface area (Å²) in [5, 5.41) is 25.9. The summed E-state index contributed by atoms with van der Waals surface area (Å²) in [6.45, 7) is 0. The second-order valence-electron chi connectivity index (χ2n) is 2.95. The Kier molecular flexibility index (Phi) is 1.86. The van der Waals surface area contributed by atoms with Gasteiger partial charge < -0.3 is 21.8 Å². The van der Waals surface area contributed by atoms with E-state index in [9.17, 15) is 5.11 Å². The van der Waals surface area contributed by atoms with E-state index in [1.54, 1.807) is 0 Å². The van der Waals surface area contributed by atoms with Crippen molar-refractivity contribution in [3.05, 3.63) is 18.2 Å². The largest absolute Gasteiger partial charge is 0.508 e. The lowest BCUT2D eigenvalue weighted by molar-refractivity contribution is 0.451. The Morgan fingerprint density at radius 3 is 2.47 bits per heavy atom. The molecular formula is C8H9N5O2. The zero-order chi connectivity index (χ0) is 11.0. The maximum atomic E-state index is 9.54. The van der Waals surface area contributed by atoms with E-state index in [0.29, 0.717) is 5.56 Å². The number of phenols is 2. The maximum absolute atomic E-state index is 9.54. The predicted octanol–water partition coefficient (Wildman–Crippen LogP) is -0.348. The smallest absolute Gasteiger partial charge is 0.241 e. The van der Waals surface area contributed by atoms with Crippen molar-refractivity contribution in [3.8, 4) is 22.9 Å². The summed E-state index contributed by atoms with van der Waals surface area (Å²) in [4.78, 5) is 0. The van der Waals surface area contributed by atoms with Gasteiger partial charge in [-0.2, -0.15) is 0 Å². The number of hydrogen-bond acceptors (Lipinski definition) is 6. The molecule has 78 valence electrons. The van der Waals surface area contributed by atoms with E-state index in [2.05, 4.69) is 10.2 Å². The standard InChI is InChI=1S/C8H9N5O2/c9-8-12-11-7(13(8)10)5-2-1-4(14)3-6(5)15/h1-3,14-15H,10H2,(H2,9,12). The quantitative estimate of drug-likeness (QED) is 0.474. The Balaban J connectivity index is 2.59. The summed E-state index contributed by atoms with van der Waals surface area (Å²) in [5.74, 6) is 5.61. The van der Waals surface area contributed by atoms with Crippen molar-refractivity contribution < 1.29 is 10.2 Å². The molecule has 1 heterocycles. The van der Waals surface area contributed by atoms with Gasteiger partial charge in [-0.25, -0.2) is 4.68 Å². The number of rotatable bonds is 1. The van der Waals surface area contributed by atoms with Crippen LogP contribution < -0.4 is 11.6 Å². The fourth-order valence-corrected chi connectivity index (χ4v) is 1.20. The molecule has 2 rings (SSSR count). The minimum absolute atomic E-state index is 0.0393. The highest BCUT2D eigenvalue weighted by Crippen LogP contribution is 2.30. The third-order valence-corrected chi connectivity index (χ3v) is 1.94. The average Bonchev–Trinajstić information content (AvgIpc) is 2.49. The Labute approximate surface area is 84.6 Å². The zero-order valence-corrected chi connectivity index (χ0v) is 7.62. The molecule has 0 unspecified atom stereocenters. The van der Waals surface area contributed by atoms with Crippen LogP contribution in [-0.2, 0) is 0 Å². The first-order chi connectivity index (χ1) is 7.09. The third kappa shape index (κ3) is 1.39. The molecule has 0 amide bonds. The second kappa shape index (κ2) is 3.05. The van der Waals surface area contributed by atoms with Gasteiger partial charge in [-0.1, -0.05) is 0 Å². The van der Waals surface area contributed by atoms with E-state index in [1.807, 2.05) is 0 Å². The van der Waals surface area contributed by atoms with Gasteiger partial charge in [0.1, 0.15) is 11.5 Å². The topological polar surface area (TPSA) is 123 Å². The average molecular weight is 207 g/mol. The number of nitrogen functional groups attached to an aromatic ring is 2. The third-order valence-electron chi connectivity index (χ3n) is 1.94. The van der Waals surface area contributed by atoms with E-state index in [4.69, 9.17) is 16.7 Å². The molecule has 2 aromatic rings. The minimum atomic E-state index is -0.144. The van der Waals surface area contributed by atoms with Crippen LogP contribution in [0.2, 0.25) is 0 Å². The number of benzene rings is 1. The summed E-state index contributed by atoms with van der Waals surface area (Å²) >= 11 is 0. The molecule has 0 bridgehead atoms. The van der Waals surface area contributed by atoms with Crippen LogP contribution in [0.15, 0.2) is 18.2 Å². The molecule has 1 aromatic heterocycles. The number of anilines is 1.